The monoisotopic (exact) mass is 420 g/mol. The van der Waals surface area contributed by atoms with Crippen molar-refractivity contribution in [2.75, 3.05) is 57.2 Å². The van der Waals surface area contributed by atoms with E-state index >= 15 is 0 Å². The maximum atomic E-state index is 13.6. The Kier molecular flexibility index (Phi) is 7.30. The van der Waals surface area contributed by atoms with E-state index in [0.717, 1.165) is 24.3 Å². The first-order valence-corrected chi connectivity index (χ1v) is 9.91. The third-order valence-electron chi connectivity index (χ3n) is 4.87. The van der Waals surface area contributed by atoms with Crippen LogP contribution in [-0.2, 0) is 4.74 Å². The van der Waals surface area contributed by atoms with Crippen LogP contribution in [0.3, 0.4) is 0 Å². The maximum absolute atomic E-state index is 13.6. The summed E-state index contributed by atoms with van der Waals surface area (Å²) in [4.78, 5) is 16.7. The van der Waals surface area contributed by atoms with Gasteiger partial charge in [0.15, 0.2) is 0 Å². The van der Waals surface area contributed by atoms with Crippen molar-refractivity contribution in [1.82, 2.24) is 10.2 Å². The number of ether oxygens (including phenoxy) is 1. The average Bonchev–Trinajstić information content (AvgIpc) is 2.69. The Morgan fingerprint density at radius 2 is 2.00 bits per heavy atom. The molecular formula is C21H26ClFN4O2. The van der Waals surface area contributed by atoms with Crippen LogP contribution in [-0.4, -0.2) is 57.9 Å². The normalized spacial score (nSPS) is 15.3. The number of urea groups is 1. The van der Waals surface area contributed by atoms with Crippen molar-refractivity contribution < 1.29 is 13.9 Å². The van der Waals surface area contributed by atoms with Gasteiger partial charge in [0.05, 0.1) is 30.6 Å². The molecule has 3 rings (SSSR count). The Morgan fingerprint density at radius 3 is 2.69 bits per heavy atom. The Hall–Kier alpha value is -2.35. The molecule has 1 atom stereocenters. The molecule has 156 valence electrons. The highest BCUT2D eigenvalue weighted by Gasteiger charge is 2.19. The van der Waals surface area contributed by atoms with Gasteiger partial charge in [0.2, 0.25) is 0 Å². The van der Waals surface area contributed by atoms with Crippen LogP contribution in [0.4, 0.5) is 20.6 Å². The topological polar surface area (TPSA) is 56.8 Å². The van der Waals surface area contributed by atoms with Crippen LogP contribution in [0.2, 0.25) is 5.02 Å². The van der Waals surface area contributed by atoms with Gasteiger partial charge in [-0.15, -0.1) is 0 Å². The van der Waals surface area contributed by atoms with Gasteiger partial charge in [-0.2, -0.15) is 0 Å². The van der Waals surface area contributed by atoms with Gasteiger partial charge in [-0.1, -0.05) is 23.7 Å². The highest BCUT2D eigenvalue weighted by atomic mass is 35.5. The molecule has 2 aromatic carbocycles. The molecule has 2 N–H and O–H groups in total. The van der Waals surface area contributed by atoms with E-state index in [9.17, 15) is 9.18 Å². The zero-order valence-corrected chi connectivity index (χ0v) is 17.4. The Bertz CT molecular complexity index is 843. The number of rotatable bonds is 6. The molecule has 0 unspecified atom stereocenters. The number of halogens is 2. The zero-order chi connectivity index (χ0) is 20.8. The molecule has 2 amide bonds. The van der Waals surface area contributed by atoms with E-state index in [1.54, 1.807) is 12.1 Å². The number of hydrogen-bond acceptors (Lipinski definition) is 4. The number of carbonyl (C=O) groups is 1. The summed E-state index contributed by atoms with van der Waals surface area (Å²) in [6.07, 6.45) is 0. The second-order valence-electron chi connectivity index (χ2n) is 7.13. The van der Waals surface area contributed by atoms with Gasteiger partial charge in [0, 0.05) is 24.7 Å². The number of amides is 2. The first kappa shape index (κ1) is 21.4. The first-order valence-electron chi connectivity index (χ1n) is 9.53. The summed E-state index contributed by atoms with van der Waals surface area (Å²) in [5.74, 6) is -0.298. The molecule has 8 heteroatoms. The summed E-state index contributed by atoms with van der Waals surface area (Å²) in [5.41, 5.74) is 2.35. The van der Waals surface area contributed by atoms with E-state index in [0.29, 0.717) is 30.5 Å². The molecular weight excluding hydrogens is 395 g/mol. The second-order valence-corrected chi connectivity index (χ2v) is 7.57. The summed E-state index contributed by atoms with van der Waals surface area (Å²) >= 11 is 6.15. The fraction of sp³-hybridized carbons (Fsp3) is 0.381. The summed E-state index contributed by atoms with van der Waals surface area (Å²) in [6.45, 7) is 3.12. The minimum Gasteiger partial charge on any atom is -0.378 e. The lowest BCUT2D eigenvalue weighted by molar-refractivity contribution is 0.123. The van der Waals surface area contributed by atoms with Gasteiger partial charge in [0.1, 0.15) is 5.82 Å². The molecule has 1 fully saturated rings. The number of nitrogens with zero attached hydrogens (tertiary/aromatic N) is 2. The number of nitrogens with one attached hydrogen (secondary N) is 2. The fourth-order valence-corrected chi connectivity index (χ4v) is 3.53. The van der Waals surface area contributed by atoms with Crippen LogP contribution in [0.15, 0.2) is 42.5 Å². The smallest absolute Gasteiger partial charge is 0.319 e. The van der Waals surface area contributed by atoms with Crippen molar-refractivity contribution in [3.63, 3.8) is 0 Å². The van der Waals surface area contributed by atoms with Crippen molar-refractivity contribution in [3.8, 4) is 0 Å². The molecule has 1 saturated heterocycles. The molecule has 6 nitrogen and oxygen atoms in total. The van der Waals surface area contributed by atoms with E-state index in [2.05, 4.69) is 15.5 Å². The molecule has 0 saturated carbocycles. The Labute approximate surface area is 175 Å². The summed E-state index contributed by atoms with van der Waals surface area (Å²) in [7, 11) is 3.78. The minimum absolute atomic E-state index is 0.158. The van der Waals surface area contributed by atoms with Gasteiger partial charge in [-0.05, 0) is 50.0 Å². The minimum atomic E-state index is -0.343. The van der Waals surface area contributed by atoms with Crippen LogP contribution in [0.5, 0.6) is 0 Å². The molecule has 1 aliphatic rings. The average molecular weight is 421 g/mol. The van der Waals surface area contributed by atoms with Gasteiger partial charge in [-0.25, -0.2) is 9.18 Å². The van der Waals surface area contributed by atoms with E-state index in [1.807, 2.05) is 37.2 Å². The molecule has 1 heterocycles. The van der Waals surface area contributed by atoms with Crippen LogP contribution < -0.4 is 15.5 Å². The Morgan fingerprint density at radius 1 is 1.24 bits per heavy atom. The van der Waals surface area contributed by atoms with Crippen molar-refractivity contribution >= 4 is 29.0 Å². The highest BCUT2D eigenvalue weighted by Crippen LogP contribution is 2.30. The van der Waals surface area contributed by atoms with Gasteiger partial charge in [-0.3, -0.25) is 0 Å². The molecule has 0 aromatic heterocycles. The van der Waals surface area contributed by atoms with E-state index in [-0.39, 0.29) is 17.9 Å². The first-order chi connectivity index (χ1) is 13.9. The molecule has 0 radical (unpaired) electrons. The van der Waals surface area contributed by atoms with Gasteiger partial charge >= 0.3 is 6.03 Å². The number of carbonyl (C=O) groups excluding carboxylic acids is 1. The number of hydrogen-bond donors (Lipinski definition) is 2. The fourth-order valence-electron chi connectivity index (χ4n) is 3.36. The molecule has 0 aliphatic carbocycles. The second kappa shape index (κ2) is 9.91. The van der Waals surface area contributed by atoms with Crippen LogP contribution >= 0.6 is 11.6 Å². The SMILES string of the molecule is CN(C)[C@@H](CNC(=O)Nc1cc(Cl)ccc1N1CCOCC1)c1cccc(F)c1. The Balaban J connectivity index is 1.67. The van der Waals surface area contributed by atoms with Crippen LogP contribution in [0.25, 0.3) is 0 Å². The van der Waals surface area contributed by atoms with E-state index < -0.39 is 0 Å². The summed E-state index contributed by atoms with van der Waals surface area (Å²) in [5, 5.41) is 6.32. The lowest BCUT2D eigenvalue weighted by Crippen LogP contribution is -2.38. The zero-order valence-electron chi connectivity index (χ0n) is 16.6. The lowest BCUT2D eigenvalue weighted by atomic mass is 10.1. The molecule has 0 bridgehead atoms. The molecule has 29 heavy (non-hydrogen) atoms. The van der Waals surface area contributed by atoms with Crippen molar-refractivity contribution in [2.45, 2.75) is 6.04 Å². The molecule has 0 spiro atoms. The van der Waals surface area contributed by atoms with Crippen LogP contribution in [0, 0.1) is 5.82 Å². The lowest BCUT2D eigenvalue weighted by Gasteiger charge is -2.30. The van der Waals surface area contributed by atoms with E-state index in [1.165, 1.54) is 12.1 Å². The summed E-state index contributed by atoms with van der Waals surface area (Å²) in [6, 6.07) is 11.4. The van der Waals surface area contributed by atoms with Crippen molar-refractivity contribution in [1.29, 1.82) is 0 Å². The largest absolute Gasteiger partial charge is 0.378 e. The number of likely N-dealkylation sites (N-methyl/N-ethyl adjacent to an activating group) is 1. The number of anilines is 2. The molecule has 2 aromatic rings. The third kappa shape index (κ3) is 5.82. The predicted octanol–water partition coefficient (Wildman–Crippen LogP) is 3.74. The quantitative estimate of drug-likeness (QED) is 0.747. The van der Waals surface area contributed by atoms with Crippen molar-refractivity contribution in [2.24, 2.45) is 0 Å². The molecule has 1 aliphatic heterocycles. The standard InChI is InChI=1S/C21H26ClFN4O2/c1-26(2)20(15-4-3-5-17(23)12-15)14-24-21(28)25-18-13-16(22)6-7-19(18)27-8-10-29-11-9-27/h3-7,12-13,20H,8-11,14H2,1-2H3,(H2,24,25,28)/t20-/m0/s1. The van der Waals surface area contributed by atoms with Gasteiger partial charge in [0.25, 0.3) is 0 Å². The summed E-state index contributed by atoms with van der Waals surface area (Å²) < 4.78 is 19.0. The van der Waals surface area contributed by atoms with Crippen molar-refractivity contribution in [3.05, 3.63) is 58.9 Å². The predicted molar refractivity (Wildman–Crippen MR) is 114 cm³/mol. The maximum Gasteiger partial charge on any atom is 0.319 e. The van der Waals surface area contributed by atoms with Gasteiger partial charge < -0.3 is 25.2 Å². The number of benzene rings is 2. The number of morpholine rings is 1. The van der Waals surface area contributed by atoms with E-state index in [4.69, 9.17) is 16.3 Å². The highest BCUT2D eigenvalue weighted by molar-refractivity contribution is 6.31. The third-order valence-corrected chi connectivity index (χ3v) is 5.11. The van der Waals surface area contributed by atoms with Crippen LogP contribution in [0.1, 0.15) is 11.6 Å².